The van der Waals surface area contributed by atoms with E-state index in [9.17, 15) is 0 Å². The van der Waals surface area contributed by atoms with Crippen molar-refractivity contribution in [3.05, 3.63) is 36.4 Å². The molecule has 0 saturated carbocycles. The third-order valence-corrected chi connectivity index (χ3v) is 2.32. The highest BCUT2D eigenvalue weighted by Gasteiger charge is 2.07. The number of pyridine rings is 1. The Hall–Kier alpha value is -2.21. The second-order valence-corrected chi connectivity index (χ2v) is 3.42. The summed E-state index contributed by atoms with van der Waals surface area (Å²) in [6.45, 7) is 0.416. The lowest BCUT2D eigenvalue weighted by Gasteiger charge is -1.92. The highest BCUT2D eigenvalue weighted by atomic mass is 15.3. The van der Waals surface area contributed by atoms with Gasteiger partial charge in [0.15, 0.2) is 5.82 Å². The van der Waals surface area contributed by atoms with Gasteiger partial charge in [0.05, 0.1) is 11.9 Å². The maximum Gasteiger partial charge on any atom is 0.251 e. The molecule has 6 heteroatoms. The van der Waals surface area contributed by atoms with E-state index in [1.165, 1.54) is 0 Å². The molecule has 16 heavy (non-hydrogen) atoms. The van der Waals surface area contributed by atoms with Crippen molar-refractivity contribution in [3.8, 4) is 11.4 Å². The standard InChI is InChI=1S/C10H10N6/c11-4-8-6-16-10(13-8)14-9(15-16)7-2-1-3-12-5-7/h1-3,5-6H,4,11H2,(H,13,14,15). The van der Waals surface area contributed by atoms with Gasteiger partial charge in [-0.1, -0.05) is 0 Å². The molecule has 0 saturated heterocycles. The van der Waals surface area contributed by atoms with Crippen LogP contribution in [0.4, 0.5) is 0 Å². The molecule has 0 amide bonds. The second-order valence-electron chi connectivity index (χ2n) is 3.42. The molecule has 6 nitrogen and oxygen atoms in total. The third-order valence-electron chi connectivity index (χ3n) is 2.32. The average molecular weight is 214 g/mol. The van der Waals surface area contributed by atoms with Crippen molar-refractivity contribution in [2.45, 2.75) is 6.54 Å². The van der Waals surface area contributed by atoms with Crippen molar-refractivity contribution >= 4 is 5.78 Å². The molecular formula is C10H10N6. The van der Waals surface area contributed by atoms with Gasteiger partial charge in [-0.05, 0) is 12.1 Å². The Morgan fingerprint density at radius 2 is 2.31 bits per heavy atom. The molecule has 0 spiro atoms. The fourth-order valence-electron chi connectivity index (χ4n) is 1.55. The minimum absolute atomic E-state index is 0.416. The molecule has 0 atom stereocenters. The summed E-state index contributed by atoms with van der Waals surface area (Å²) in [5, 5.41) is 3.11. The summed E-state index contributed by atoms with van der Waals surface area (Å²) in [6, 6.07) is 3.81. The lowest BCUT2D eigenvalue weighted by atomic mass is 10.3. The van der Waals surface area contributed by atoms with Crippen molar-refractivity contribution in [1.29, 1.82) is 0 Å². The van der Waals surface area contributed by atoms with Gasteiger partial charge >= 0.3 is 0 Å². The number of nitrogens with zero attached hydrogens (tertiary/aromatic N) is 4. The van der Waals surface area contributed by atoms with Gasteiger partial charge in [0.2, 0.25) is 0 Å². The van der Waals surface area contributed by atoms with Crippen LogP contribution >= 0.6 is 0 Å². The first-order valence-corrected chi connectivity index (χ1v) is 4.91. The van der Waals surface area contributed by atoms with Crippen LogP contribution in [0.5, 0.6) is 0 Å². The summed E-state index contributed by atoms with van der Waals surface area (Å²) in [5.41, 5.74) is 7.24. The van der Waals surface area contributed by atoms with Crippen LogP contribution in [0.15, 0.2) is 30.7 Å². The van der Waals surface area contributed by atoms with Gasteiger partial charge in [0.1, 0.15) is 0 Å². The molecule has 3 aromatic heterocycles. The molecule has 0 aromatic carbocycles. The Labute approximate surface area is 91.1 Å². The lowest BCUT2D eigenvalue weighted by Crippen LogP contribution is -1.96. The number of hydrogen-bond acceptors (Lipinski definition) is 4. The van der Waals surface area contributed by atoms with Gasteiger partial charge in [-0.2, -0.15) is 4.98 Å². The van der Waals surface area contributed by atoms with Crippen LogP contribution in [0, 0.1) is 0 Å². The highest BCUT2D eigenvalue weighted by Crippen LogP contribution is 2.14. The predicted octanol–water partition coefficient (Wildman–Crippen LogP) is 0.578. The molecule has 0 aliphatic rings. The summed E-state index contributed by atoms with van der Waals surface area (Å²) in [5.74, 6) is 1.37. The summed E-state index contributed by atoms with van der Waals surface area (Å²) in [4.78, 5) is 12.6. The number of hydrogen-bond donors (Lipinski definition) is 2. The third kappa shape index (κ3) is 1.36. The van der Waals surface area contributed by atoms with E-state index < -0.39 is 0 Å². The number of H-pyrrole nitrogens is 1. The maximum absolute atomic E-state index is 5.49. The van der Waals surface area contributed by atoms with Gasteiger partial charge in [0.25, 0.3) is 5.78 Å². The molecule has 3 rings (SSSR count). The first-order valence-electron chi connectivity index (χ1n) is 4.91. The molecule has 3 heterocycles. The van der Waals surface area contributed by atoms with E-state index in [1.54, 1.807) is 16.9 Å². The Morgan fingerprint density at radius 1 is 1.38 bits per heavy atom. The molecule has 0 fully saturated rings. The number of fused-ring (bicyclic) bond motifs is 1. The van der Waals surface area contributed by atoms with Crippen molar-refractivity contribution in [2.75, 3.05) is 0 Å². The van der Waals surface area contributed by atoms with E-state index >= 15 is 0 Å². The number of nitrogens with one attached hydrogen (secondary N) is 1. The topological polar surface area (TPSA) is 84.9 Å². The number of aromatic amines is 1. The SMILES string of the molecule is NCc1cn2[nH]c(-c3cccnc3)nc2n1. The van der Waals surface area contributed by atoms with Gasteiger partial charge in [-0.25, -0.2) is 9.50 Å². The first kappa shape index (κ1) is 9.05. The molecule has 0 unspecified atom stereocenters. The summed E-state index contributed by atoms with van der Waals surface area (Å²) in [6.07, 6.45) is 5.31. The zero-order valence-electron chi connectivity index (χ0n) is 8.46. The molecule has 80 valence electrons. The summed E-state index contributed by atoms with van der Waals surface area (Å²) in [7, 11) is 0. The monoisotopic (exact) mass is 214 g/mol. The van der Waals surface area contributed by atoms with Crippen LogP contribution in [0.3, 0.4) is 0 Å². The second kappa shape index (κ2) is 3.42. The molecule has 0 radical (unpaired) electrons. The summed E-state index contributed by atoms with van der Waals surface area (Å²) >= 11 is 0. The van der Waals surface area contributed by atoms with Crippen molar-refractivity contribution < 1.29 is 0 Å². The Morgan fingerprint density at radius 3 is 3.00 bits per heavy atom. The molecule has 0 aliphatic carbocycles. The van der Waals surface area contributed by atoms with Crippen LogP contribution in [-0.4, -0.2) is 24.6 Å². The predicted molar refractivity (Wildman–Crippen MR) is 58.5 cm³/mol. The van der Waals surface area contributed by atoms with Crippen molar-refractivity contribution in [3.63, 3.8) is 0 Å². The smallest absolute Gasteiger partial charge is 0.251 e. The van der Waals surface area contributed by atoms with E-state index in [0.29, 0.717) is 12.3 Å². The number of imidazole rings is 1. The number of nitrogens with two attached hydrogens (primary N) is 1. The molecule has 3 aromatic rings. The van der Waals surface area contributed by atoms with Gasteiger partial charge < -0.3 is 5.73 Å². The van der Waals surface area contributed by atoms with Crippen LogP contribution in [0.2, 0.25) is 0 Å². The number of aromatic nitrogens is 5. The summed E-state index contributed by atoms with van der Waals surface area (Å²) < 4.78 is 1.75. The Balaban J connectivity index is 2.10. The average Bonchev–Trinajstić information content (AvgIpc) is 2.87. The van der Waals surface area contributed by atoms with Gasteiger partial charge in [0, 0.05) is 24.5 Å². The minimum atomic E-state index is 0.416. The largest absolute Gasteiger partial charge is 0.325 e. The maximum atomic E-state index is 5.49. The van der Waals surface area contributed by atoms with Crippen molar-refractivity contribution in [1.82, 2.24) is 24.6 Å². The van der Waals surface area contributed by atoms with Gasteiger partial charge in [-0.15, -0.1) is 0 Å². The fraction of sp³-hybridized carbons (Fsp3) is 0.100. The van der Waals surface area contributed by atoms with E-state index in [1.807, 2.05) is 18.3 Å². The van der Waals surface area contributed by atoms with E-state index in [2.05, 4.69) is 20.1 Å². The van der Waals surface area contributed by atoms with E-state index in [4.69, 9.17) is 5.73 Å². The molecule has 3 N–H and O–H groups in total. The van der Waals surface area contributed by atoms with Crippen molar-refractivity contribution in [2.24, 2.45) is 5.73 Å². The van der Waals surface area contributed by atoms with Crippen LogP contribution in [0.25, 0.3) is 17.2 Å². The zero-order valence-corrected chi connectivity index (χ0v) is 8.46. The highest BCUT2D eigenvalue weighted by molar-refractivity contribution is 5.55. The van der Waals surface area contributed by atoms with E-state index in [-0.39, 0.29) is 0 Å². The fourth-order valence-corrected chi connectivity index (χ4v) is 1.55. The van der Waals surface area contributed by atoms with Gasteiger partial charge in [-0.3, -0.25) is 10.1 Å². The Bertz CT molecular complexity index is 577. The normalized spacial score (nSPS) is 11.1. The van der Waals surface area contributed by atoms with Crippen LogP contribution < -0.4 is 5.73 Å². The lowest BCUT2D eigenvalue weighted by molar-refractivity contribution is 0.958. The minimum Gasteiger partial charge on any atom is -0.325 e. The zero-order chi connectivity index (χ0) is 11.0. The first-order chi connectivity index (χ1) is 7.86. The number of rotatable bonds is 2. The van der Waals surface area contributed by atoms with Crippen LogP contribution in [0.1, 0.15) is 5.69 Å². The molecule has 0 aliphatic heterocycles. The quantitative estimate of drug-likeness (QED) is 0.653. The van der Waals surface area contributed by atoms with Crippen LogP contribution in [-0.2, 0) is 6.54 Å². The van der Waals surface area contributed by atoms with E-state index in [0.717, 1.165) is 17.1 Å². The molecular weight excluding hydrogens is 204 g/mol. The molecule has 0 bridgehead atoms. The Kier molecular flexibility index (Phi) is 1.94.